The molecule has 1 aromatic heterocycles. The van der Waals surface area contributed by atoms with Crippen molar-refractivity contribution in [2.75, 3.05) is 18.0 Å². The van der Waals surface area contributed by atoms with Crippen molar-refractivity contribution in [3.05, 3.63) is 18.3 Å². The van der Waals surface area contributed by atoms with Crippen molar-refractivity contribution in [1.29, 1.82) is 0 Å². The molecule has 0 saturated carbocycles. The fraction of sp³-hybridized carbons (Fsp3) is 0.692. The summed E-state index contributed by atoms with van der Waals surface area (Å²) >= 11 is 0. The fourth-order valence-corrected chi connectivity index (χ4v) is 3.41. The topological polar surface area (TPSA) is 11.4 Å². The first-order valence-corrected chi connectivity index (χ1v) is 6.26. The van der Waals surface area contributed by atoms with Crippen molar-refractivity contribution in [1.82, 2.24) is 9.47 Å². The molecule has 0 unspecified atom stereocenters. The van der Waals surface area contributed by atoms with Gasteiger partial charge in [0.05, 0.1) is 6.17 Å². The second-order valence-corrected chi connectivity index (χ2v) is 5.51. The van der Waals surface area contributed by atoms with Gasteiger partial charge in [-0.3, -0.25) is 4.90 Å². The monoisotopic (exact) mass is 219 g/mol. The van der Waals surface area contributed by atoms with Gasteiger partial charge < -0.3 is 9.47 Å². The summed E-state index contributed by atoms with van der Waals surface area (Å²) in [6, 6.07) is 4.38. The Morgan fingerprint density at radius 1 is 1.31 bits per heavy atom. The van der Waals surface area contributed by atoms with Gasteiger partial charge in [0.1, 0.15) is 5.82 Å². The molecule has 3 aliphatic heterocycles. The largest absolute Gasteiger partial charge is 0.338 e. The van der Waals surface area contributed by atoms with Crippen LogP contribution in [-0.4, -0.2) is 34.3 Å². The Morgan fingerprint density at radius 3 is 2.50 bits per heavy atom. The summed E-state index contributed by atoms with van der Waals surface area (Å²) in [4.78, 5) is 5.21. The summed E-state index contributed by atoms with van der Waals surface area (Å²) in [7, 11) is 2.14. The van der Waals surface area contributed by atoms with Gasteiger partial charge in [-0.25, -0.2) is 0 Å². The van der Waals surface area contributed by atoms with Crippen molar-refractivity contribution in [3.63, 3.8) is 0 Å². The number of hydrogen-bond donors (Lipinski definition) is 0. The second-order valence-electron chi connectivity index (χ2n) is 5.51. The molecule has 0 radical (unpaired) electrons. The molecule has 3 nitrogen and oxygen atoms in total. The van der Waals surface area contributed by atoms with Crippen LogP contribution >= 0.6 is 0 Å². The molecule has 3 fully saturated rings. The van der Waals surface area contributed by atoms with Crippen LogP contribution in [0.5, 0.6) is 0 Å². The number of aromatic nitrogens is 1. The van der Waals surface area contributed by atoms with E-state index in [0.717, 1.165) is 0 Å². The van der Waals surface area contributed by atoms with E-state index in [1.54, 1.807) is 0 Å². The minimum atomic E-state index is 0.361. The maximum absolute atomic E-state index is 2.61. The zero-order valence-electron chi connectivity index (χ0n) is 10.5. The minimum Gasteiger partial charge on any atom is -0.338 e. The molecule has 1 aromatic rings. The molecule has 1 atom stereocenters. The number of piperidine rings is 1. The molecule has 3 aliphatic rings. The molecule has 0 amide bonds. The lowest BCUT2D eigenvalue weighted by Gasteiger charge is -2.59. The van der Waals surface area contributed by atoms with Crippen molar-refractivity contribution in [2.45, 2.75) is 38.4 Å². The highest BCUT2D eigenvalue weighted by atomic mass is 15.5. The molecule has 3 heteroatoms. The molecular formula is C13H21N3. The van der Waals surface area contributed by atoms with Gasteiger partial charge in [0.2, 0.25) is 0 Å². The number of aryl methyl sites for hydroxylation is 1. The molecule has 0 spiro atoms. The number of hydrogen-bond acceptors (Lipinski definition) is 2. The Hall–Kier alpha value is -0.960. The molecule has 0 N–H and O–H groups in total. The van der Waals surface area contributed by atoms with E-state index in [1.807, 2.05) is 0 Å². The van der Waals surface area contributed by atoms with Gasteiger partial charge in [0, 0.05) is 31.9 Å². The van der Waals surface area contributed by atoms with Crippen molar-refractivity contribution in [3.8, 4) is 0 Å². The minimum absolute atomic E-state index is 0.361. The van der Waals surface area contributed by atoms with E-state index < -0.39 is 0 Å². The van der Waals surface area contributed by atoms with Gasteiger partial charge in [-0.1, -0.05) is 0 Å². The molecule has 0 aliphatic carbocycles. The van der Waals surface area contributed by atoms with Crippen LogP contribution in [0.4, 0.5) is 5.82 Å². The zero-order chi connectivity index (χ0) is 11.3. The summed E-state index contributed by atoms with van der Waals surface area (Å²) < 4.78 is 2.24. The quantitative estimate of drug-likeness (QED) is 0.716. The Balaban J connectivity index is 2.03. The Morgan fingerprint density at radius 2 is 2.00 bits per heavy atom. The van der Waals surface area contributed by atoms with Crippen molar-refractivity contribution < 1.29 is 0 Å². The summed E-state index contributed by atoms with van der Waals surface area (Å²) in [5.74, 6) is 1.36. The van der Waals surface area contributed by atoms with Crippen LogP contribution in [-0.2, 0) is 7.05 Å². The first kappa shape index (κ1) is 10.2. The lowest BCUT2D eigenvalue weighted by molar-refractivity contribution is 0.0473. The third kappa shape index (κ3) is 1.24. The Labute approximate surface area is 97.6 Å². The van der Waals surface area contributed by atoms with Crippen LogP contribution in [0.25, 0.3) is 0 Å². The van der Waals surface area contributed by atoms with E-state index in [2.05, 4.69) is 53.6 Å². The molecule has 0 aromatic carbocycles. The average molecular weight is 219 g/mol. The molecule has 4 rings (SSSR count). The zero-order valence-corrected chi connectivity index (χ0v) is 10.5. The molecule has 16 heavy (non-hydrogen) atoms. The van der Waals surface area contributed by atoms with E-state index in [-0.39, 0.29) is 0 Å². The van der Waals surface area contributed by atoms with Crippen LogP contribution in [0.15, 0.2) is 18.3 Å². The highest BCUT2D eigenvalue weighted by Crippen LogP contribution is 2.40. The smallest absolute Gasteiger partial charge is 0.109 e. The molecule has 88 valence electrons. The van der Waals surface area contributed by atoms with E-state index in [0.29, 0.717) is 11.7 Å². The molecule has 2 bridgehead atoms. The van der Waals surface area contributed by atoms with Crippen molar-refractivity contribution >= 4 is 5.82 Å². The Kier molecular flexibility index (Phi) is 2.08. The second kappa shape index (κ2) is 3.27. The molecule has 3 saturated heterocycles. The fourth-order valence-electron chi connectivity index (χ4n) is 3.41. The number of fused-ring (bicyclic) bond motifs is 3. The summed E-state index contributed by atoms with van der Waals surface area (Å²) in [5, 5.41) is 0. The van der Waals surface area contributed by atoms with Crippen LogP contribution in [0.3, 0.4) is 0 Å². The van der Waals surface area contributed by atoms with Gasteiger partial charge >= 0.3 is 0 Å². The van der Waals surface area contributed by atoms with E-state index in [9.17, 15) is 0 Å². The SMILES string of the molecule is C[C@H]1N2CCC(C)(CC2)N1c1cccn1C. The highest BCUT2D eigenvalue weighted by Gasteiger charge is 2.46. The van der Waals surface area contributed by atoms with Crippen LogP contribution in [0.2, 0.25) is 0 Å². The standard InChI is InChI=1S/C13H21N3/c1-11-15-9-6-13(2,7-10-15)16(11)12-5-4-8-14(12)3/h4-5,8,11H,6-7,9-10H2,1-3H3/t11-/m0/s1. The number of rotatable bonds is 1. The van der Waals surface area contributed by atoms with Crippen molar-refractivity contribution in [2.24, 2.45) is 7.05 Å². The number of nitrogens with zero attached hydrogens (tertiary/aromatic N) is 3. The summed E-state index contributed by atoms with van der Waals surface area (Å²) in [6.07, 6.45) is 5.27. The predicted molar refractivity (Wildman–Crippen MR) is 66.6 cm³/mol. The molecule has 4 heterocycles. The first-order chi connectivity index (χ1) is 7.62. The van der Waals surface area contributed by atoms with Gasteiger partial charge in [-0.15, -0.1) is 0 Å². The van der Waals surface area contributed by atoms with Gasteiger partial charge in [0.25, 0.3) is 0 Å². The predicted octanol–water partition coefficient (Wildman–Crippen LogP) is 2.05. The normalized spacial score (nSPS) is 38.1. The van der Waals surface area contributed by atoms with E-state index >= 15 is 0 Å². The third-order valence-corrected chi connectivity index (χ3v) is 4.52. The van der Waals surface area contributed by atoms with Gasteiger partial charge in [-0.2, -0.15) is 0 Å². The average Bonchev–Trinajstić information content (AvgIpc) is 2.65. The van der Waals surface area contributed by atoms with Crippen LogP contribution < -0.4 is 4.90 Å². The first-order valence-electron chi connectivity index (χ1n) is 6.26. The lowest BCUT2D eigenvalue weighted by atomic mass is 9.83. The third-order valence-electron chi connectivity index (χ3n) is 4.52. The summed E-state index contributed by atoms with van der Waals surface area (Å²) in [6.45, 7) is 7.29. The lowest BCUT2D eigenvalue weighted by Crippen LogP contribution is -2.68. The molecular weight excluding hydrogens is 198 g/mol. The van der Waals surface area contributed by atoms with E-state index in [4.69, 9.17) is 0 Å². The number of anilines is 1. The maximum Gasteiger partial charge on any atom is 0.109 e. The maximum atomic E-state index is 2.61. The van der Waals surface area contributed by atoms with E-state index in [1.165, 1.54) is 31.7 Å². The highest BCUT2D eigenvalue weighted by molar-refractivity contribution is 5.46. The van der Waals surface area contributed by atoms with Crippen LogP contribution in [0.1, 0.15) is 26.7 Å². The van der Waals surface area contributed by atoms with Gasteiger partial charge in [-0.05, 0) is 38.8 Å². The van der Waals surface area contributed by atoms with Crippen LogP contribution in [0, 0.1) is 0 Å². The Bertz CT molecular complexity index is 388. The summed E-state index contributed by atoms with van der Waals surface area (Å²) in [5.41, 5.74) is 0.361. The van der Waals surface area contributed by atoms with Gasteiger partial charge in [0.15, 0.2) is 0 Å².